The van der Waals surface area contributed by atoms with Crippen LogP contribution < -0.4 is 0 Å². The van der Waals surface area contributed by atoms with Gasteiger partial charge in [-0.1, -0.05) is 24.3 Å². The van der Waals surface area contributed by atoms with Gasteiger partial charge in [0.2, 0.25) is 5.91 Å². The summed E-state index contributed by atoms with van der Waals surface area (Å²) in [6, 6.07) is 16.6. The van der Waals surface area contributed by atoms with Crippen molar-refractivity contribution in [1.29, 1.82) is 0 Å². The van der Waals surface area contributed by atoms with Crippen molar-refractivity contribution in [3.8, 4) is 0 Å². The van der Waals surface area contributed by atoms with Gasteiger partial charge >= 0.3 is 0 Å². The third kappa shape index (κ3) is 2.65. The van der Waals surface area contributed by atoms with E-state index in [1.807, 2.05) is 58.4 Å². The smallest absolute Gasteiger partial charge is 0.243 e. The second kappa shape index (κ2) is 6.02. The zero-order chi connectivity index (χ0) is 17.5. The lowest BCUT2D eigenvalue weighted by molar-refractivity contribution is -0.133. The van der Waals surface area contributed by atoms with Crippen LogP contribution in [0.2, 0.25) is 0 Å². The zero-order valence-corrected chi connectivity index (χ0v) is 14.5. The lowest BCUT2D eigenvalue weighted by atomic mass is 10.2. The molecule has 5 rings (SSSR count). The molecule has 3 aromatic heterocycles. The molecule has 3 heterocycles. The van der Waals surface area contributed by atoms with Gasteiger partial charge in [-0.25, -0.2) is 4.98 Å². The molecule has 1 aliphatic rings. The minimum Gasteiger partial charge on any atom is -0.338 e. The van der Waals surface area contributed by atoms with Crippen LogP contribution in [-0.4, -0.2) is 30.8 Å². The van der Waals surface area contributed by atoms with Gasteiger partial charge in [0.05, 0.1) is 18.4 Å². The largest absolute Gasteiger partial charge is 0.338 e. The Hall–Kier alpha value is -3.08. The fourth-order valence-electron chi connectivity index (χ4n) is 3.60. The molecule has 130 valence electrons. The SMILES string of the molecule is O=C(Cn1ccc2ccccc21)N(Cc1cnc2ccccn12)C1CC1. The number of rotatable bonds is 5. The molecule has 1 saturated carbocycles. The molecule has 1 aromatic carbocycles. The molecule has 5 nitrogen and oxygen atoms in total. The average Bonchev–Trinajstić information content (AvgIpc) is 3.31. The van der Waals surface area contributed by atoms with Crippen LogP contribution in [-0.2, 0) is 17.9 Å². The number of benzene rings is 1. The number of nitrogens with zero attached hydrogens (tertiary/aromatic N) is 4. The minimum atomic E-state index is 0.166. The Kier molecular flexibility index (Phi) is 3.52. The summed E-state index contributed by atoms with van der Waals surface area (Å²) in [5.74, 6) is 0.166. The predicted octanol–water partition coefficient (Wildman–Crippen LogP) is 3.48. The second-order valence-corrected chi connectivity index (χ2v) is 6.93. The van der Waals surface area contributed by atoms with Gasteiger partial charge in [0.15, 0.2) is 0 Å². The van der Waals surface area contributed by atoms with Crippen molar-refractivity contribution in [3.05, 3.63) is 72.8 Å². The molecule has 5 heteroatoms. The van der Waals surface area contributed by atoms with Crippen molar-refractivity contribution in [2.24, 2.45) is 0 Å². The van der Waals surface area contributed by atoms with Gasteiger partial charge < -0.3 is 13.9 Å². The highest BCUT2D eigenvalue weighted by Gasteiger charge is 2.33. The van der Waals surface area contributed by atoms with E-state index in [0.717, 1.165) is 29.7 Å². The molecule has 0 bridgehead atoms. The van der Waals surface area contributed by atoms with Crippen molar-refractivity contribution in [3.63, 3.8) is 0 Å². The van der Waals surface area contributed by atoms with Gasteiger partial charge in [0, 0.05) is 24.0 Å². The van der Waals surface area contributed by atoms with Crippen molar-refractivity contribution in [2.75, 3.05) is 0 Å². The molecule has 0 N–H and O–H groups in total. The normalized spacial score (nSPS) is 14.2. The number of amides is 1. The highest BCUT2D eigenvalue weighted by Crippen LogP contribution is 2.29. The van der Waals surface area contributed by atoms with E-state index in [1.165, 1.54) is 5.39 Å². The monoisotopic (exact) mass is 344 g/mol. The number of pyridine rings is 1. The van der Waals surface area contributed by atoms with Crippen LogP contribution in [0.4, 0.5) is 0 Å². The number of carbonyl (C=O) groups is 1. The number of fused-ring (bicyclic) bond motifs is 2. The standard InChI is InChI=1S/C21H20N4O/c26-21(15-23-12-10-16-5-1-2-6-19(16)23)25(17-8-9-17)14-18-13-22-20-7-3-4-11-24(18)20/h1-7,10-13,17H,8-9,14-15H2. The van der Waals surface area contributed by atoms with Gasteiger partial charge in [-0.2, -0.15) is 0 Å². The molecule has 0 radical (unpaired) electrons. The number of hydrogen-bond acceptors (Lipinski definition) is 2. The van der Waals surface area contributed by atoms with Crippen LogP contribution >= 0.6 is 0 Å². The average molecular weight is 344 g/mol. The molecule has 0 saturated heterocycles. The van der Waals surface area contributed by atoms with Gasteiger partial charge in [0.1, 0.15) is 12.2 Å². The molecule has 4 aromatic rings. The van der Waals surface area contributed by atoms with Gasteiger partial charge in [-0.3, -0.25) is 4.79 Å². The summed E-state index contributed by atoms with van der Waals surface area (Å²) in [4.78, 5) is 19.5. The van der Waals surface area contributed by atoms with E-state index < -0.39 is 0 Å². The third-order valence-corrected chi connectivity index (χ3v) is 5.12. The molecule has 26 heavy (non-hydrogen) atoms. The summed E-state index contributed by atoms with van der Waals surface area (Å²) in [5.41, 5.74) is 3.08. The van der Waals surface area contributed by atoms with Gasteiger partial charge in [-0.15, -0.1) is 0 Å². The number of imidazole rings is 1. The Morgan fingerprint density at radius 1 is 1.08 bits per heavy atom. The number of carbonyl (C=O) groups excluding carboxylic acids is 1. The van der Waals surface area contributed by atoms with Crippen molar-refractivity contribution < 1.29 is 4.79 Å². The third-order valence-electron chi connectivity index (χ3n) is 5.12. The summed E-state index contributed by atoms with van der Waals surface area (Å²) >= 11 is 0. The maximum atomic E-state index is 13.1. The molecular formula is C21H20N4O. The van der Waals surface area contributed by atoms with E-state index in [9.17, 15) is 4.79 Å². The van der Waals surface area contributed by atoms with Crippen LogP contribution in [0.1, 0.15) is 18.5 Å². The molecule has 1 amide bonds. The molecule has 1 fully saturated rings. The molecule has 0 atom stereocenters. The summed E-state index contributed by atoms with van der Waals surface area (Å²) in [5, 5.41) is 1.17. The Morgan fingerprint density at radius 3 is 2.81 bits per heavy atom. The van der Waals surface area contributed by atoms with E-state index >= 15 is 0 Å². The fraction of sp³-hybridized carbons (Fsp3) is 0.238. The van der Waals surface area contributed by atoms with Crippen molar-refractivity contribution in [2.45, 2.75) is 32.0 Å². The van der Waals surface area contributed by atoms with E-state index in [1.54, 1.807) is 0 Å². The zero-order valence-electron chi connectivity index (χ0n) is 14.5. The van der Waals surface area contributed by atoms with Crippen LogP contribution in [0.3, 0.4) is 0 Å². The minimum absolute atomic E-state index is 0.166. The summed E-state index contributed by atoms with van der Waals surface area (Å²) in [7, 11) is 0. The first-order valence-corrected chi connectivity index (χ1v) is 9.04. The highest BCUT2D eigenvalue weighted by atomic mass is 16.2. The lowest BCUT2D eigenvalue weighted by Gasteiger charge is -2.23. The van der Waals surface area contributed by atoms with E-state index in [2.05, 4.69) is 27.6 Å². The van der Waals surface area contributed by atoms with E-state index in [-0.39, 0.29) is 5.91 Å². The van der Waals surface area contributed by atoms with Crippen molar-refractivity contribution in [1.82, 2.24) is 18.9 Å². The first-order valence-electron chi connectivity index (χ1n) is 9.04. The van der Waals surface area contributed by atoms with Crippen LogP contribution in [0.5, 0.6) is 0 Å². The van der Waals surface area contributed by atoms with Gasteiger partial charge in [-0.05, 0) is 42.5 Å². The van der Waals surface area contributed by atoms with E-state index in [4.69, 9.17) is 0 Å². The predicted molar refractivity (Wildman–Crippen MR) is 101 cm³/mol. The van der Waals surface area contributed by atoms with Crippen LogP contribution in [0, 0.1) is 0 Å². The Balaban J connectivity index is 1.41. The maximum Gasteiger partial charge on any atom is 0.243 e. The van der Waals surface area contributed by atoms with Crippen molar-refractivity contribution >= 4 is 22.5 Å². The molecule has 0 spiro atoms. The summed E-state index contributed by atoms with van der Waals surface area (Å²) in [6.07, 6.45) is 8.07. The number of hydrogen-bond donors (Lipinski definition) is 0. The summed E-state index contributed by atoms with van der Waals surface area (Å²) in [6.45, 7) is 0.981. The summed E-state index contributed by atoms with van der Waals surface area (Å²) < 4.78 is 4.11. The molecule has 0 unspecified atom stereocenters. The Morgan fingerprint density at radius 2 is 1.92 bits per heavy atom. The molecular weight excluding hydrogens is 324 g/mol. The second-order valence-electron chi connectivity index (χ2n) is 6.93. The Bertz CT molecular complexity index is 1090. The maximum absolute atomic E-state index is 13.1. The Labute approximate surface area is 151 Å². The van der Waals surface area contributed by atoms with Crippen LogP contribution in [0.25, 0.3) is 16.6 Å². The molecule has 1 aliphatic carbocycles. The topological polar surface area (TPSA) is 42.5 Å². The number of para-hydroxylation sites is 1. The molecule has 0 aliphatic heterocycles. The highest BCUT2D eigenvalue weighted by molar-refractivity contribution is 5.83. The first-order chi connectivity index (χ1) is 12.8. The van der Waals surface area contributed by atoms with Gasteiger partial charge in [0.25, 0.3) is 0 Å². The fourth-order valence-corrected chi connectivity index (χ4v) is 3.60. The number of aromatic nitrogens is 3. The quantitative estimate of drug-likeness (QED) is 0.556. The van der Waals surface area contributed by atoms with Crippen LogP contribution in [0.15, 0.2) is 67.1 Å². The van der Waals surface area contributed by atoms with E-state index in [0.29, 0.717) is 19.1 Å². The lowest BCUT2D eigenvalue weighted by Crippen LogP contribution is -2.35. The first kappa shape index (κ1) is 15.2.